The van der Waals surface area contributed by atoms with Crippen molar-refractivity contribution in [1.29, 1.82) is 0 Å². The molecule has 0 aliphatic carbocycles. The van der Waals surface area contributed by atoms with Crippen molar-refractivity contribution in [2.45, 2.75) is 33.2 Å². The zero-order chi connectivity index (χ0) is 19.3. The Bertz CT molecular complexity index is 542. The van der Waals surface area contributed by atoms with Gasteiger partial charge in [0.25, 0.3) is 0 Å². The Kier molecular flexibility index (Phi) is 10.0. The van der Waals surface area contributed by atoms with Crippen molar-refractivity contribution < 1.29 is 9.47 Å². The van der Waals surface area contributed by atoms with Crippen LogP contribution in [-0.2, 0) is 11.3 Å². The third-order valence-corrected chi connectivity index (χ3v) is 4.60. The highest BCUT2D eigenvalue weighted by Gasteiger charge is 2.09. The number of benzene rings is 1. The lowest BCUT2D eigenvalue weighted by Gasteiger charge is -2.26. The highest BCUT2D eigenvalue weighted by atomic mass is 16.5. The first-order valence-corrected chi connectivity index (χ1v) is 10.2. The maximum Gasteiger partial charge on any atom is 0.193 e. The quantitative estimate of drug-likeness (QED) is 0.386. The van der Waals surface area contributed by atoms with Gasteiger partial charge >= 0.3 is 0 Å². The minimum Gasteiger partial charge on any atom is -0.494 e. The number of hydrogen-bond donors (Lipinski definition) is 1. The normalized spacial score (nSPS) is 15.6. The molecule has 1 aromatic rings. The second-order valence-corrected chi connectivity index (χ2v) is 6.83. The van der Waals surface area contributed by atoms with E-state index in [1.54, 1.807) is 0 Å². The molecule has 1 saturated heterocycles. The lowest BCUT2D eigenvalue weighted by atomic mass is 10.2. The minimum absolute atomic E-state index is 0.696. The van der Waals surface area contributed by atoms with Gasteiger partial charge in [-0.2, -0.15) is 0 Å². The van der Waals surface area contributed by atoms with Crippen molar-refractivity contribution in [2.24, 2.45) is 4.99 Å². The first-order valence-electron chi connectivity index (χ1n) is 10.2. The third-order valence-electron chi connectivity index (χ3n) is 4.60. The van der Waals surface area contributed by atoms with Crippen LogP contribution in [0.2, 0.25) is 0 Å². The van der Waals surface area contributed by atoms with Crippen LogP contribution in [0.25, 0.3) is 0 Å². The molecule has 0 atom stereocenters. The van der Waals surface area contributed by atoms with Gasteiger partial charge in [0, 0.05) is 39.8 Å². The van der Waals surface area contributed by atoms with Crippen LogP contribution in [0.1, 0.15) is 32.3 Å². The fourth-order valence-corrected chi connectivity index (χ4v) is 3.13. The van der Waals surface area contributed by atoms with Gasteiger partial charge in [-0.3, -0.25) is 9.89 Å². The Hall–Kier alpha value is -1.79. The molecule has 2 rings (SSSR count). The summed E-state index contributed by atoms with van der Waals surface area (Å²) in [5.74, 6) is 1.89. The Labute approximate surface area is 164 Å². The summed E-state index contributed by atoms with van der Waals surface area (Å²) in [4.78, 5) is 9.47. The van der Waals surface area contributed by atoms with E-state index >= 15 is 0 Å². The molecule has 1 N–H and O–H groups in total. The molecule has 6 heteroatoms. The van der Waals surface area contributed by atoms with Gasteiger partial charge in [0.15, 0.2) is 5.96 Å². The molecule has 0 unspecified atom stereocenters. The van der Waals surface area contributed by atoms with Gasteiger partial charge in [-0.15, -0.1) is 0 Å². The fourth-order valence-electron chi connectivity index (χ4n) is 3.13. The summed E-state index contributed by atoms with van der Waals surface area (Å²) in [6.07, 6.45) is 2.30. The highest BCUT2D eigenvalue weighted by Crippen LogP contribution is 2.13. The molecule has 1 fully saturated rings. The minimum atomic E-state index is 0.696. The number of morpholine rings is 1. The lowest BCUT2D eigenvalue weighted by Crippen LogP contribution is -2.38. The van der Waals surface area contributed by atoms with Crippen LogP contribution in [0.15, 0.2) is 29.3 Å². The predicted molar refractivity (Wildman–Crippen MR) is 112 cm³/mol. The Morgan fingerprint density at radius 3 is 2.59 bits per heavy atom. The van der Waals surface area contributed by atoms with Crippen molar-refractivity contribution in [3.8, 4) is 5.75 Å². The monoisotopic (exact) mass is 376 g/mol. The summed E-state index contributed by atoms with van der Waals surface area (Å²) in [5.41, 5.74) is 1.25. The number of hydrogen-bond acceptors (Lipinski definition) is 4. The van der Waals surface area contributed by atoms with E-state index in [1.807, 2.05) is 19.1 Å². The molecular formula is C21H36N4O2. The van der Waals surface area contributed by atoms with E-state index in [-0.39, 0.29) is 0 Å². The van der Waals surface area contributed by atoms with E-state index in [2.05, 4.69) is 41.2 Å². The molecule has 1 aliphatic rings. The van der Waals surface area contributed by atoms with Gasteiger partial charge in [0.05, 0.1) is 19.8 Å². The van der Waals surface area contributed by atoms with Crippen molar-refractivity contribution in [1.82, 2.24) is 15.1 Å². The van der Waals surface area contributed by atoms with Crippen LogP contribution in [0.3, 0.4) is 0 Å². The summed E-state index contributed by atoms with van der Waals surface area (Å²) >= 11 is 0. The zero-order valence-electron chi connectivity index (χ0n) is 17.2. The maximum absolute atomic E-state index is 5.51. The van der Waals surface area contributed by atoms with Gasteiger partial charge in [-0.25, -0.2) is 0 Å². The van der Waals surface area contributed by atoms with Gasteiger partial charge in [0.2, 0.25) is 0 Å². The second-order valence-electron chi connectivity index (χ2n) is 6.83. The van der Waals surface area contributed by atoms with E-state index in [1.165, 1.54) is 12.0 Å². The van der Waals surface area contributed by atoms with E-state index < -0.39 is 0 Å². The summed E-state index contributed by atoms with van der Waals surface area (Å²) in [5, 5.41) is 3.40. The number of nitrogens with one attached hydrogen (secondary N) is 1. The van der Waals surface area contributed by atoms with Gasteiger partial charge in [-0.1, -0.05) is 12.1 Å². The maximum atomic E-state index is 5.51. The standard InChI is InChI=1S/C21H36N4O2/c1-4-22-21(23-12-6-7-13-25-14-16-26-17-15-25)24(3)18-19-8-10-20(11-9-19)27-5-2/h8-11H,4-7,12-18H2,1-3H3,(H,22,23). The smallest absolute Gasteiger partial charge is 0.193 e. The van der Waals surface area contributed by atoms with Crippen LogP contribution in [0.5, 0.6) is 5.75 Å². The van der Waals surface area contributed by atoms with Crippen LogP contribution in [0.4, 0.5) is 0 Å². The second kappa shape index (κ2) is 12.6. The molecule has 1 aromatic carbocycles. The Morgan fingerprint density at radius 2 is 1.93 bits per heavy atom. The molecule has 0 radical (unpaired) electrons. The van der Waals surface area contributed by atoms with Gasteiger partial charge < -0.3 is 19.7 Å². The summed E-state index contributed by atoms with van der Waals surface area (Å²) in [6, 6.07) is 8.30. The van der Waals surface area contributed by atoms with Gasteiger partial charge in [0.1, 0.15) is 5.75 Å². The van der Waals surface area contributed by atoms with Crippen molar-refractivity contribution >= 4 is 5.96 Å². The van der Waals surface area contributed by atoms with Gasteiger partial charge in [-0.05, 0) is 50.9 Å². The molecule has 6 nitrogen and oxygen atoms in total. The third kappa shape index (κ3) is 8.18. The number of unbranched alkanes of at least 4 members (excludes halogenated alkanes) is 1. The molecule has 0 amide bonds. The average molecular weight is 377 g/mol. The Balaban J connectivity index is 1.76. The lowest BCUT2D eigenvalue weighted by molar-refractivity contribution is 0.0373. The van der Waals surface area contributed by atoms with Crippen molar-refractivity contribution in [3.63, 3.8) is 0 Å². The predicted octanol–water partition coefficient (Wildman–Crippen LogP) is 2.60. The first kappa shape index (κ1) is 21.5. The zero-order valence-corrected chi connectivity index (χ0v) is 17.2. The van der Waals surface area contributed by atoms with Crippen LogP contribution >= 0.6 is 0 Å². The molecule has 0 spiro atoms. The molecular weight excluding hydrogens is 340 g/mol. The number of nitrogens with zero attached hydrogens (tertiary/aromatic N) is 3. The van der Waals surface area contributed by atoms with Crippen molar-refractivity contribution in [3.05, 3.63) is 29.8 Å². The molecule has 27 heavy (non-hydrogen) atoms. The summed E-state index contributed by atoms with van der Waals surface area (Å²) in [6.45, 7) is 12.4. The largest absolute Gasteiger partial charge is 0.494 e. The van der Waals surface area contributed by atoms with Crippen molar-refractivity contribution in [2.75, 3.05) is 59.6 Å². The number of rotatable bonds is 10. The number of aliphatic imine (C=N–C) groups is 1. The fraction of sp³-hybridized carbons (Fsp3) is 0.667. The topological polar surface area (TPSA) is 49.3 Å². The van der Waals surface area contributed by atoms with E-state index in [9.17, 15) is 0 Å². The van der Waals surface area contributed by atoms with E-state index in [4.69, 9.17) is 14.5 Å². The summed E-state index contributed by atoms with van der Waals surface area (Å²) < 4.78 is 10.9. The molecule has 152 valence electrons. The molecule has 0 bridgehead atoms. The van der Waals surface area contributed by atoms with E-state index in [0.717, 1.165) is 70.6 Å². The van der Waals surface area contributed by atoms with Crippen LogP contribution in [-0.4, -0.2) is 75.4 Å². The van der Waals surface area contributed by atoms with E-state index in [0.29, 0.717) is 6.61 Å². The SMILES string of the molecule is CCNC(=NCCCCN1CCOCC1)N(C)Cc1ccc(OCC)cc1. The average Bonchev–Trinajstić information content (AvgIpc) is 2.69. The summed E-state index contributed by atoms with van der Waals surface area (Å²) in [7, 11) is 2.09. The van der Waals surface area contributed by atoms with Crippen LogP contribution in [0, 0.1) is 0 Å². The van der Waals surface area contributed by atoms with Crippen LogP contribution < -0.4 is 10.1 Å². The highest BCUT2D eigenvalue weighted by molar-refractivity contribution is 5.79. The number of guanidine groups is 1. The molecule has 0 saturated carbocycles. The number of ether oxygens (including phenoxy) is 2. The molecule has 0 aromatic heterocycles. The first-order chi connectivity index (χ1) is 13.2. The Morgan fingerprint density at radius 1 is 1.19 bits per heavy atom. The molecule has 1 heterocycles. The molecule has 1 aliphatic heterocycles.